The maximum Gasteiger partial charge on any atom is 0.303 e. The van der Waals surface area contributed by atoms with E-state index in [4.69, 9.17) is 45.5 Å². The number of rotatable bonds is 4. The number of fused-ring (bicyclic) bond motifs is 3. The lowest BCUT2D eigenvalue weighted by atomic mass is 10.00. The van der Waals surface area contributed by atoms with Gasteiger partial charge in [-0.25, -0.2) is 0 Å². The summed E-state index contributed by atoms with van der Waals surface area (Å²) in [6, 6.07) is 12.3. The van der Waals surface area contributed by atoms with Crippen LogP contribution in [-0.4, -0.2) is 31.6 Å². The first-order chi connectivity index (χ1) is 13.5. The minimum absolute atomic E-state index is 0.0549. The number of benzene rings is 2. The Balaban J connectivity index is 2.01. The summed E-state index contributed by atoms with van der Waals surface area (Å²) in [5.41, 5.74) is 2.86. The fourth-order valence-corrected chi connectivity index (χ4v) is 3.90. The van der Waals surface area contributed by atoms with E-state index in [0.717, 1.165) is 16.8 Å². The second kappa shape index (κ2) is 7.50. The van der Waals surface area contributed by atoms with Crippen molar-refractivity contribution in [3.63, 3.8) is 0 Å². The van der Waals surface area contributed by atoms with Crippen LogP contribution in [0.25, 0.3) is 5.69 Å². The molecular weight excluding hydrogens is 419 g/mol. The molecule has 0 radical (unpaired) electrons. The van der Waals surface area contributed by atoms with Gasteiger partial charge in [0.25, 0.3) is 0 Å². The van der Waals surface area contributed by atoms with Gasteiger partial charge in [-0.2, -0.15) is 5.10 Å². The van der Waals surface area contributed by atoms with Crippen LogP contribution in [-0.2, 0) is 4.79 Å². The molecule has 0 aliphatic carbocycles. The third-order valence-electron chi connectivity index (χ3n) is 4.50. The van der Waals surface area contributed by atoms with E-state index in [1.165, 1.54) is 0 Å². The normalized spacial score (nSPS) is 15.4. The van der Waals surface area contributed by atoms with Gasteiger partial charge in [0, 0.05) is 27.6 Å². The van der Waals surface area contributed by atoms with Gasteiger partial charge in [0.2, 0.25) is 0 Å². The second-order valence-electron chi connectivity index (χ2n) is 6.29. The van der Waals surface area contributed by atoms with Gasteiger partial charge >= 0.3 is 5.97 Å². The average Bonchev–Trinajstić information content (AvgIpc) is 2.97. The zero-order valence-corrected chi connectivity index (χ0v) is 16.7. The summed E-state index contributed by atoms with van der Waals surface area (Å²) in [5.74, 6) is -0.350. The van der Waals surface area contributed by atoms with E-state index in [1.54, 1.807) is 22.8 Å². The van der Waals surface area contributed by atoms with Gasteiger partial charge in [-0.05, 0) is 42.9 Å². The summed E-state index contributed by atoms with van der Waals surface area (Å²) in [6.45, 7) is 0. The van der Waals surface area contributed by atoms with Crippen LogP contribution in [0.2, 0.25) is 10.0 Å². The molecule has 1 atom stereocenters. The van der Waals surface area contributed by atoms with Gasteiger partial charge in [0.05, 0.1) is 11.4 Å². The molecule has 1 aliphatic rings. The molecule has 0 saturated heterocycles. The monoisotopic (exact) mass is 432 g/mol. The van der Waals surface area contributed by atoms with Crippen molar-refractivity contribution in [1.82, 2.24) is 14.8 Å². The van der Waals surface area contributed by atoms with E-state index < -0.39 is 12.0 Å². The Bertz CT molecular complexity index is 1170. The number of aromatic amines is 1. The number of aromatic nitrogens is 3. The zero-order chi connectivity index (χ0) is 19.8. The number of H-pyrrole nitrogens is 1. The molecule has 0 amide bonds. The van der Waals surface area contributed by atoms with E-state index in [-0.39, 0.29) is 12.8 Å². The number of carboxylic acids is 1. The molecule has 2 heterocycles. The standard InChI is InChI=1S/C19H14Cl2N4O2S/c20-10-5-7-15-12(9-10)17(11-3-1-2-4-13(11)21)22-14(6-8-16(26)27)18-23-24-19(28)25(15)18/h1-5,7,9,14H,6,8H2,(H,24,28)(H,26,27)/t14-/m0/s1. The van der Waals surface area contributed by atoms with Crippen LogP contribution in [0, 0.1) is 4.77 Å². The number of carbonyl (C=O) groups is 1. The Morgan fingerprint density at radius 1 is 1.21 bits per heavy atom. The first kappa shape index (κ1) is 18.9. The molecule has 0 saturated carbocycles. The molecule has 28 heavy (non-hydrogen) atoms. The molecular formula is C19H14Cl2N4O2S. The van der Waals surface area contributed by atoms with Crippen LogP contribution < -0.4 is 0 Å². The topological polar surface area (TPSA) is 83.3 Å². The summed E-state index contributed by atoms with van der Waals surface area (Å²) in [7, 11) is 0. The number of aliphatic imine (C=N–C) groups is 1. The van der Waals surface area contributed by atoms with Crippen molar-refractivity contribution in [1.29, 1.82) is 0 Å². The predicted octanol–water partition coefficient (Wildman–Crippen LogP) is 4.99. The molecule has 1 aliphatic heterocycles. The van der Waals surface area contributed by atoms with Crippen molar-refractivity contribution >= 4 is 47.1 Å². The summed E-state index contributed by atoms with van der Waals surface area (Å²) >= 11 is 18.2. The Morgan fingerprint density at radius 2 is 2.00 bits per heavy atom. The Hall–Kier alpha value is -2.48. The smallest absolute Gasteiger partial charge is 0.303 e. The molecule has 2 N–H and O–H groups in total. The Morgan fingerprint density at radius 3 is 2.75 bits per heavy atom. The van der Waals surface area contributed by atoms with Gasteiger partial charge < -0.3 is 5.11 Å². The van der Waals surface area contributed by atoms with Crippen molar-refractivity contribution in [2.45, 2.75) is 18.9 Å². The van der Waals surface area contributed by atoms with Crippen molar-refractivity contribution in [3.8, 4) is 5.69 Å². The van der Waals surface area contributed by atoms with Gasteiger partial charge in [-0.15, -0.1) is 0 Å². The number of aliphatic carboxylic acids is 1. The summed E-state index contributed by atoms with van der Waals surface area (Å²) in [5, 5.41) is 17.4. The maximum atomic E-state index is 11.2. The molecule has 1 aromatic heterocycles. The van der Waals surface area contributed by atoms with Gasteiger partial charge in [0.15, 0.2) is 10.6 Å². The number of hydrogen-bond acceptors (Lipinski definition) is 4. The Kier molecular flexibility index (Phi) is 5.05. The van der Waals surface area contributed by atoms with Crippen molar-refractivity contribution in [3.05, 3.63) is 74.2 Å². The number of nitrogens with zero attached hydrogens (tertiary/aromatic N) is 3. The molecule has 0 unspecified atom stereocenters. The van der Waals surface area contributed by atoms with Crippen LogP contribution in [0.1, 0.15) is 35.8 Å². The summed E-state index contributed by atoms with van der Waals surface area (Å²) in [6.07, 6.45) is 0.214. The van der Waals surface area contributed by atoms with E-state index in [0.29, 0.717) is 26.4 Å². The molecule has 0 spiro atoms. The third-order valence-corrected chi connectivity index (χ3v) is 5.34. The SMILES string of the molecule is O=C(O)CC[C@@H]1N=C(c2ccccc2Cl)c2cc(Cl)ccc2-n2c1n[nH]c2=S. The van der Waals surface area contributed by atoms with Gasteiger partial charge in [-0.3, -0.25) is 19.5 Å². The Labute approximate surface area is 175 Å². The lowest BCUT2D eigenvalue weighted by Gasteiger charge is -2.13. The highest BCUT2D eigenvalue weighted by Gasteiger charge is 2.28. The van der Waals surface area contributed by atoms with E-state index >= 15 is 0 Å². The van der Waals surface area contributed by atoms with Gasteiger partial charge in [-0.1, -0.05) is 41.4 Å². The highest BCUT2D eigenvalue weighted by Crippen LogP contribution is 2.34. The second-order valence-corrected chi connectivity index (χ2v) is 7.52. The lowest BCUT2D eigenvalue weighted by Crippen LogP contribution is -2.08. The lowest BCUT2D eigenvalue weighted by molar-refractivity contribution is -0.137. The molecule has 9 heteroatoms. The molecule has 2 aromatic carbocycles. The first-order valence-electron chi connectivity index (χ1n) is 8.48. The fraction of sp³-hybridized carbons (Fsp3) is 0.158. The number of hydrogen-bond donors (Lipinski definition) is 2. The fourth-order valence-electron chi connectivity index (χ4n) is 3.26. The largest absolute Gasteiger partial charge is 0.481 e. The van der Waals surface area contributed by atoms with Gasteiger partial charge in [0.1, 0.15) is 6.04 Å². The molecule has 0 bridgehead atoms. The van der Waals surface area contributed by atoms with Crippen LogP contribution in [0.15, 0.2) is 47.5 Å². The maximum absolute atomic E-state index is 11.2. The predicted molar refractivity (Wildman–Crippen MR) is 110 cm³/mol. The minimum atomic E-state index is -0.903. The van der Waals surface area contributed by atoms with Crippen molar-refractivity contribution in [2.75, 3.05) is 0 Å². The van der Waals surface area contributed by atoms with Crippen LogP contribution >= 0.6 is 35.4 Å². The molecule has 4 rings (SSSR count). The molecule has 3 aromatic rings. The molecule has 142 valence electrons. The third kappa shape index (κ3) is 3.37. The quantitative estimate of drug-likeness (QED) is 0.568. The average molecular weight is 433 g/mol. The van der Waals surface area contributed by atoms with Crippen molar-refractivity contribution < 1.29 is 9.90 Å². The van der Waals surface area contributed by atoms with Crippen LogP contribution in [0.3, 0.4) is 0 Å². The molecule has 0 fully saturated rings. The summed E-state index contributed by atoms with van der Waals surface area (Å²) in [4.78, 5) is 16.0. The van der Waals surface area contributed by atoms with E-state index in [2.05, 4.69) is 10.2 Å². The van der Waals surface area contributed by atoms with E-state index in [9.17, 15) is 4.79 Å². The zero-order valence-electron chi connectivity index (χ0n) is 14.4. The highest BCUT2D eigenvalue weighted by molar-refractivity contribution is 7.71. The minimum Gasteiger partial charge on any atom is -0.481 e. The van der Waals surface area contributed by atoms with Crippen molar-refractivity contribution in [2.24, 2.45) is 4.99 Å². The van der Waals surface area contributed by atoms with E-state index in [1.807, 2.05) is 24.3 Å². The number of halogens is 2. The molecule has 6 nitrogen and oxygen atoms in total. The number of nitrogens with one attached hydrogen (secondary N) is 1. The van der Waals surface area contributed by atoms with Crippen LogP contribution in [0.4, 0.5) is 0 Å². The highest BCUT2D eigenvalue weighted by atomic mass is 35.5. The summed E-state index contributed by atoms with van der Waals surface area (Å²) < 4.78 is 2.18. The number of carboxylic acid groups (broad SMARTS) is 1. The first-order valence-corrected chi connectivity index (χ1v) is 9.64. The van der Waals surface area contributed by atoms with Crippen LogP contribution in [0.5, 0.6) is 0 Å².